The number of carbonyl (C=O) groups is 1. The number of hydrogen-bond donors (Lipinski definition) is 2. The zero-order valence-electron chi connectivity index (χ0n) is 10.3. The van der Waals surface area contributed by atoms with Crippen LogP contribution in [0, 0.1) is 5.82 Å². The van der Waals surface area contributed by atoms with E-state index in [4.69, 9.17) is 22.2 Å². The minimum Gasteiger partial charge on any atom is -0.487 e. The van der Waals surface area contributed by atoms with Crippen LogP contribution in [0.2, 0.25) is 5.02 Å². The summed E-state index contributed by atoms with van der Waals surface area (Å²) in [6.45, 7) is -0.0560. The molecule has 1 aromatic heterocycles. The van der Waals surface area contributed by atoms with Crippen molar-refractivity contribution in [3.63, 3.8) is 0 Å². The second kappa shape index (κ2) is 6.31. The molecule has 3 N–H and O–H groups in total. The first kappa shape index (κ1) is 14.2. The van der Waals surface area contributed by atoms with Gasteiger partial charge in [-0.15, -0.1) is 0 Å². The maximum Gasteiger partial charge on any atom is 0.265 e. The molecule has 1 amide bonds. The van der Waals surface area contributed by atoms with Gasteiger partial charge in [0.25, 0.3) is 5.91 Å². The Labute approximate surface area is 119 Å². The van der Waals surface area contributed by atoms with E-state index < -0.39 is 11.7 Å². The van der Waals surface area contributed by atoms with E-state index >= 15 is 0 Å². The third-order valence-corrected chi connectivity index (χ3v) is 2.72. The third-order valence-electron chi connectivity index (χ3n) is 2.51. The quantitative estimate of drug-likeness (QED) is 0.514. The summed E-state index contributed by atoms with van der Waals surface area (Å²) in [5, 5.41) is 0.416. The highest BCUT2D eigenvalue weighted by molar-refractivity contribution is 6.30. The molecule has 0 saturated heterocycles. The molecule has 5 nitrogen and oxygen atoms in total. The molecule has 104 valence electrons. The first-order valence-electron chi connectivity index (χ1n) is 5.63. The van der Waals surface area contributed by atoms with Crippen molar-refractivity contribution >= 4 is 17.5 Å². The van der Waals surface area contributed by atoms with Crippen molar-refractivity contribution in [1.29, 1.82) is 0 Å². The Hall–Kier alpha value is -2.18. The van der Waals surface area contributed by atoms with Gasteiger partial charge in [0.2, 0.25) is 0 Å². The van der Waals surface area contributed by atoms with Crippen LogP contribution in [0.1, 0.15) is 15.9 Å². The molecule has 0 unspecified atom stereocenters. The van der Waals surface area contributed by atoms with E-state index in [1.807, 2.05) is 5.43 Å². The van der Waals surface area contributed by atoms with E-state index in [9.17, 15) is 9.18 Å². The van der Waals surface area contributed by atoms with Gasteiger partial charge in [-0.3, -0.25) is 15.2 Å². The van der Waals surface area contributed by atoms with Gasteiger partial charge >= 0.3 is 0 Å². The van der Waals surface area contributed by atoms with Crippen molar-refractivity contribution < 1.29 is 13.9 Å². The van der Waals surface area contributed by atoms with Crippen LogP contribution in [0.15, 0.2) is 36.7 Å². The smallest absolute Gasteiger partial charge is 0.265 e. The van der Waals surface area contributed by atoms with Crippen molar-refractivity contribution in [3.8, 4) is 5.75 Å². The highest BCUT2D eigenvalue weighted by Gasteiger charge is 2.09. The zero-order valence-corrected chi connectivity index (χ0v) is 11.0. The third kappa shape index (κ3) is 3.43. The molecule has 1 heterocycles. The van der Waals surface area contributed by atoms with Crippen LogP contribution in [0.5, 0.6) is 5.75 Å². The Morgan fingerprint density at radius 3 is 2.90 bits per heavy atom. The predicted octanol–water partition coefficient (Wildman–Crippen LogP) is 2.06. The summed E-state index contributed by atoms with van der Waals surface area (Å²) in [7, 11) is 0. The van der Waals surface area contributed by atoms with Crippen molar-refractivity contribution in [3.05, 3.63) is 58.6 Å². The van der Waals surface area contributed by atoms with Crippen LogP contribution >= 0.6 is 11.6 Å². The number of aromatic nitrogens is 1. The van der Waals surface area contributed by atoms with E-state index in [2.05, 4.69) is 4.98 Å². The summed E-state index contributed by atoms with van der Waals surface area (Å²) < 4.78 is 19.0. The number of nitrogens with two attached hydrogens (primary N) is 1. The monoisotopic (exact) mass is 295 g/mol. The van der Waals surface area contributed by atoms with Crippen molar-refractivity contribution in [1.82, 2.24) is 10.4 Å². The number of halogens is 2. The molecule has 0 aliphatic heterocycles. The number of ether oxygens (including phenoxy) is 1. The first-order chi connectivity index (χ1) is 9.60. The lowest BCUT2D eigenvalue weighted by Crippen LogP contribution is -2.30. The molecular formula is C13H11ClFN3O2. The summed E-state index contributed by atoms with van der Waals surface area (Å²) >= 11 is 5.76. The Morgan fingerprint density at radius 1 is 1.40 bits per heavy atom. The fourth-order valence-corrected chi connectivity index (χ4v) is 1.71. The van der Waals surface area contributed by atoms with Gasteiger partial charge < -0.3 is 4.74 Å². The van der Waals surface area contributed by atoms with Gasteiger partial charge in [-0.1, -0.05) is 11.6 Å². The number of rotatable bonds is 4. The molecule has 0 bridgehead atoms. The van der Waals surface area contributed by atoms with E-state index in [0.717, 1.165) is 0 Å². The molecule has 20 heavy (non-hydrogen) atoms. The van der Waals surface area contributed by atoms with Crippen LogP contribution in [0.4, 0.5) is 4.39 Å². The van der Waals surface area contributed by atoms with Crippen LogP contribution in [0.25, 0.3) is 0 Å². The molecule has 2 rings (SSSR count). The predicted molar refractivity (Wildman–Crippen MR) is 71.6 cm³/mol. The van der Waals surface area contributed by atoms with Crippen LogP contribution < -0.4 is 16.0 Å². The van der Waals surface area contributed by atoms with Crippen molar-refractivity contribution in [2.45, 2.75) is 6.61 Å². The SMILES string of the molecule is NNC(=O)c1ccc(F)c(COc2cncc(Cl)c2)c1. The number of nitrogen functional groups attached to an aromatic ring is 1. The molecule has 0 spiro atoms. The fraction of sp³-hybridized carbons (Fsp3) is 0.0769. The van der Waals surface area contributed by atoms with Crippen LogP contribution in [-0.2, 0) is 6.61 Å². The van der Waals surface area contributed by atoms with E-state index in [1.54, 1.807) is 6.07 Å². The number of hydrogen-bond acceptors (Lipinski definition) is 4. The number of benzene rings is 1. The summed E-state index contributed by atoms with van der Waals surface area (Å²) in [4.78, 5) is 15.2. The number of pyridine rings is 1. The van der Waals surface area contributed by atoms with Crippen LogP contribution in [0.3, 0.4) is 0 Å². The Balaban J connectivity index is 2.14. The van der Waals surface area contributed by atoms with Gasteiger partial charge in [-0.05, 0) is 18.2 Å². The normalized spacial score (nSPS) is 10.2. The van der Waals surface area contributed by atoms with Gasteiger partial charge in [0.1, 0.15) is 18.2 Å². The zero-order chi connectivity index (χ0) is 14.5. The standard InChI is InChI=1S/C13H11ClFN3O2/c14-10-4-11(6-17-5-10)20-7-9-3-8(13(19)18-16)1-2-12(9)15/h1-6H,7,16H2,(H,18,19). The van der Waals surface area contributed by atoms with Crippen LogP contribution in [-0.4, -0.2) is 10.9 Å². The molecule has 0 aliphatic carbocycles. The lowest BCUT2D eigenvalue weighted by molar-refractivity contribution is 0.0953. The molecule has 1 aromatic carbocycles. The summed E-state index contributed by atoms with van der Waals surface area (Å²) in [6.07, 6.45) is 2.92. The molecule has 0 radical (unpaired) electrons. The maximum atomic E-state index is 13.6. The van der Waals surface area contributed by atoms with E-state index in [1.165, 1.54) is 30.6 Å². The molecule has 0 aliphatic rings. The highest BCUT2D eigenvalue weighted by atomic mass is 35.5. The molecule has 2 aromatic rings. The molecule has 0 fully saturated rings. The number of carbonyl (C=O) groups excluding carboxylic acids is 1. The summed E-state index contributed by atoms with van der Waals surface area (Å²) in [5.74, 6) is 4.45. The minimum atomic E-state index is -0.504. The topological polar surface area (TPSA) is 77.2 Å². The second-order valence-corrected chi connectivity index (χ2v) is 4.34. The summed E-state index contributed by atoms with van der Waals surface area (Å²) in [5.41, 5.74) is 2.45. The highest BCUT2D eigenvalue weighted by Crippen LogP contribution is 2.18. The molecule has 0 atom stereocenters. The summed E-state index contributed by atoms with van der Waals surface area (Å²) in [6, 6.07) is 5.44. The largest absolute Gasteiger partial charge is 0.487 e. The van der Waals surface area contributed by atoms with Gasteiger partial charge in [0.05, 0.1) is 11.2 Å². The molecule has 7 heteroatoms. The van der Waals surface area contributed by atoms with E-state index in [0.29, 0.717) is 10.8 Å². The Kier molecular flexibility index (Phi) is 4.49. The van der Waals surface area contributed by atoms with Gasteiger partial charge in [0.15, 0.2) is 0 Å². The number of nitrogens with zero attached hydrogens (tertiary/aromatic N) is 1. The van der Waals surface area contributed by atoms with Gasteiger partial charge in [0, 0.05) is 23.4 Å². The lowest BCUT2D eigenvalue weighted by Gasteiger charge is -2.08. The molecular weight excluding hydrogens is 285 g/mol. The van der Waals surface area contributed by atoms with Crippen molar-refractivity contribution in [2.24, 2.45) is 5.84 Å². The fourth-order valence-electron chi connectivity index (χ4n) is 1.54. The maximum absolute atomic E-state index is 13.6. The van der Waals surface area contributed by atoms with Gasteiger partial charge in [-0.2, -0.15) is 0 Å². The average Bonchev–Trinajstić information content (AvgIpc) is 2.45. The Morgan fingerprint density at radius 2 is 2.20 bits per heavy atom. The van der Waals surface area contributed by atoms with Crippen molar-refractivity contribution in [2.75, 3.05) is 0 Å². The lowest BCUT2D eigenvalue weighted by atomic mass is 10.1. The minimum absolute atomic E-state index is 0.0560. The van der Waals surface area contributed by atoms with E-state index in [-0.39, 0.29) is 17.7 Å². The first-order valence-corrected chi connectivity index (χ1v) is 6.00. The number of amides is 1. The number of hydrazine groups is 1. The second-order valence-electron chi connectivity index (χ2n) is 3.91. The average molecular weight is 296 g/mol. The Bertz CT molecular complexity index is 637. The molecule has 0 saturated carbocycles. The number of nitrogens with one attached hydrogen (secondary N) is 1. The van der Waals surface area contributed by atoms with Gasteiger partial charge in [-0.25, -0.2) is 10.2 Å².